The highest BCUT2D eigenvalue weighted by Gasteiger charge is 2.56. The van der Waals surface area contributed by atoms with E-state index in [9.17, 15) is 9.59 Å². The molecule has 2 aliphatic rings. The van der Waals surface area contributed by atoms with Gasteiger partial charge in [-0.25, -0.2) is 4.79 Å². The van der Waals surface area contributed by atoms with E-state index < -0.39 is 5.60 Å². The molecule has 0 spiro atoms. The van der Waals surface area contributed by atoms with Crippen LogP contribution in [0.4, 0.5) is 4.79 Å². The maximum atomic E-state index is 12.1. The Kier molecular flexibility index (Phi) is 5.30. The number of nitrogens with one attached hydrogen (secondary N) is 1. The lowest BCUT2D eigenvalue weighted by Crippen LogP contribution is -2.37. The summed E-state index contributed by atoms with van der Waals surface area (Å²) in [6.07, 6.45) is 7.46. The van der Waals surface area contributed by atoms with Crippen LogP contribution in [0.15, 0.2) is 30.6 Å². The predicted molar refractivity (Wildman–Crippen MR) is 99.2 cm³/mol. The van der Waals surface area contributed by atoms with Gasteiger partial charge in [-0.1, -0.05) is 6.07 Å². The third-order valence-electron chi connectivity index (χ3n) is 4.91. The van der Waals surface area contributed by atoms with E-state index in [0.29, 0.717) is 24.3 Å². The topological polar surface area (TPSA) is 71.5 Å². The number of piperidine rings is 1. The van der Waals surface area contributed by atoms with Gasteiger partial charge in [-0.2, -0.15) is 0 Å². The lowest BCUT2D eigenvalue weighted by atomic mass is 10.2. The van der Waals surface area contributed by atoms with Gasteiger partial charge in [0.1, 0.15) is 5.60 Å². The third-order valence-corrected chi connectivity index (χ3v) is 4.91. The highest BCUT2D eigenvalue weighted by Crippen LogP contribution is 2.53. The van der Waals surface area contributed by atoms with Gasteiger partial charge in [-0.3, -0.25) is 9.78 Å². The second-order valence-corrected chi connectivity index (χ2v) is 8.08. The van der Waals surface area contributed by atoms with Gasteiger partial charge in [-0.15, -0.1) is 0 Å². The number of pyridine rings is 1. The normalized spacial score (nSPS) is 24.4. The van der Waals surface area contributed by atoms with Gasteiger partial charge < -0.3 is 15.0 Å². The minimum absolute atomic E-state index is 0.0879. The van der Waals surface area contributed by atoms with Gasteiger partial charge in [0, 0.05) is 38.1 Å². The van der Waals surface area contributed by atoms with Crippen LogP contribution in [0.1, 0.15) is 32.8 Å². The van der Waals surface area contributed by atoms with E-state index in [-0.39, 0.29) is 12.0 Å². The Morgan fingerprint density at radius 3 is 2.69 bits per heavy atom. The Labute approximate surface area is 154 Å². The summed E-state index contributed by atoms with van der Waals surface area (Å²) in [5.74, 6) is 1.64. The standard InChI is InChI=1S/C20H27N3O3/c1-20(2,3)26-19(25)23-12-16-15(17(16)13-23)8-10-22-18(24)7-6-14-5-4-9-21-11-14/h4-7,9,11,15-17H,8,10,12-13H2,1-3H3,(H,22,24)/b7-6+/t15-,16+,17-. The molecule has 2 amide bonds. The summed E-state index contributed by atoms with van der Waals surface area (Å²) < 4.78 is 5.42. The number of carbonyl (C=O) groups is 2. The van der Waals surface area contributed by atoms with Gasteiger partial charge >= 0.3 is 6.09 Å². The predicted octanol–water partition coefficient (Wildman–Crippen LogP) is 2.71. The minimum Gasteiger partial charge on any atom is -0.444 e. The van der Waals surface area contributed by atoms with Crippen LogP contribution in [0.2, 0.25) is 0 Å². The van der Waals surface area contributed by atoms with Crippen LogP contribution < -0.4 is 5.32 Å². The van der Waals surface area contributed by atoms with Crippen molar-refractivity contribution in [1.82, 2.24) is 15.2 Å². The van der Waals surface area contributed by atoms with Crippen molar-refractivity contribution in [3.05, 3.63) is 36.2 Å². The molecule has 1 saturated heterocycles. The van der Waals surface area contributed by atoms with E-state index in [4.69, 9.17) is 4.74 Å². The molecule has 0 aromatic carbocycles. The Balaban J connectivity index is 1.33. The molecule has 1 saturated carbocycles. The number of nitrogens with zero attached hydrogens (tertiary/aromatic N) is 2. The van der Waals surface area contributed by atoms with Crippen molar-refractivity contribution in [1.29, 1.82) is 0 Å². The van der Waals surface area contributed by atoms with Crippen molar-refractivity contribution < 1.29 is 14.3 Å². The molecule has 0 radical (unpaired) electrons. The first-order valence-corrected chi connectivity index (χ1v) is 9.17. The summed E-state index contributed by atoms with van der Waals surface area (Å²) in [7, 11) is 0. The molecular formula is C20H27N3O3. The summed E-state index contributed by atoms with van der Waals surface area (Å²) in [5.41, 5.74) is 0.457. The second kappa shape index (κ2) is 7.48. The molecule has 1 aliphatic heterocycles. The number of hydrogen-bond acceptors (Lipinski definition) is 4. The third kappa shape index (κ3) is 4.84. The molecule has 3 atom stereocenters. The molecule has 0 bridgehead atoms. The average molecular weight is 357 g/mol. The molecule has 140 valence electrons. The average Bonchev–Trinajstić information content (AvgIpc) is 3.02. The summed E-state index contributed by atoms with van der Waals surface area (Å²) in [5, 5.41) is 2.93. The van der Waals surface area contributed by atoms with Crippen LogP contribution in [0.3, 0.4) is 0 Å². The number of carbonyl (C=O) groups excluding carboxylic acids is 2. The Hall–Kier alpha value is -2.37. The second-order valence-electron chi connectivity index (χ2n) is 8.08. The zero-order valence-corrected chi connectivity index (χ0v) is 15.6. The highest BCUT2D eigenvalue weighted by atomic mass is 16.6. The van der Waals surface area contributed by atoms with Crippen LogP contribution in [0.25, 0.3) is 6.08 Å². The fourth-order valence-electron chi connectivity index (χ4n) is 3.62. The molecular weight excluding hydrogens is 330 g/mol. The van der Waals surface area contributed by atoms with Crippen LogP contribution in [0.5, 0.6) is 0 Å². The zero-order valence-electron chi connectivity index (χ0n) is 15.6. The lowest BCUT2D eigenvalue weighted by Gasteiger charge is -2.25. The SMILES string of the molecule is CC(C)(C)OC(=O)N1C[C@@H]2[C@H](CCNC(=O)/C=C/c3cccnc3)[C@@H]2C1. The molecule has 1 aromatic rings. The minimum atomic E-state index is -0.448. The number of rotatable bonds is 5. The number of likely N-dealkylation sites (tertiary alicyclic amines) is 1. The zero-order chi connectivity index (χ0) is 18.7. The highest BCUT2D eigenvalue weighted by molar-refractivity contribution is 5.91. The van der Waals surface area contributed by atoms with E-state index in [1.54, 1.807) is 18.5 Å². The first-order chi connectivity index (χ1) is 12.3. The van der Waals surface area contributed by atoms with Crippen molar-refractivity contribution in [3.63, 3.8) is 0 Å². The Bertz CT molecular complexity index is 669. The van der Waals surface area contributed by atoms with Crippen molar-refractivity contribution in [2.75, 3.05) is 19.6 Å². The number of ether oxygens (including phenoxy) is 1. The summed E-state index contributed by atoms with van der Waals surface area (Å²) in [6.45, 7) is 7.88. The van der Waals surface area contributed by atoms with E-state index in [1.165, 1.54) is 6.08 Å². The van der Waals surface area contributed by atoms with Gasteiger partial charge in [0.15, 0.2) is 0 Å². The van der Waals surface area contributed by atoms with Crippen LogP contribution in [0, 0.1) is 17.8 Å². The number of amides is 2. The summed E-state index contributed by atoms with van der Waals surface area (Å²) in [6, 6.07) is 3.74. The van der Waals surface area contributed by atoms with E-state index >= 15 is 0 Å². The molecule has 3 rings (SSSR count). The summed E-state index contributed by atoms with van der Waals surface area (Å²) >= 11 is 0. The molecule has 26 heavy (non-hydrogen) atoms. The molecule has 6 nitrogen and oxygen atoms in total. The fourth-order valence-corrected chi connectivity index (χ4v) is 3.62. The van der Waals surface area contributed by atoms with Gasteiger partial charge in [0.2, 0.25) is 5.91 Å². The summed E-state index contributed by atoms with van der Waals surface area (Å²) in [4.78, 5) is 29.7. The molecule has 1 aromatic heterocycles. The molecule has 6 heteroatoms. The van der Waals surface area contributed by atoms with Crippen molar-refractivity contribution in [2.45, 2.75) is 32.8 Å². The molecule has 1 N–H and O–H groups in total. The number of fused-ring (bicyclic) bond motifs is 1. The van der Waals surface area contributed by atoms with Gasteiger partial charge in [-0.05, 0) is 62.7 Å². The van der Waals surface area contributed by atoms with Crippen molar-refractivity contribution >= 4 is 18.1 Å². The van der Waals surface area contributed by atoms with Crippen molar-refractivity contribution in [3.8, 4) is 0 Å². The van der Waals surface area contributed by atoms with E-state index in [2.05, 4.69) is 10.3 Å². The number of aromatic nitrogens is 1. The van der Waals surface area contributed by atoms with Crippen LogP contribution in [-0.4, -0.2) is 47.1 Å². The molecule has 2 fully saturated rings. The first-order valence-electron chi connectivity index (χ1n) is 9.17. The molecule has 0 unspecified atom stereocenters. The molecule has 2 heterocycles. The lowest BCUT2D eigenvalue weighted by molar-refractivity contribution is -0.116. The first kappa shape index (κ1) is 18.4. The van der Waals surface area contributed by atoms with Crippen LogP contribution in [-0.2, 0) is 9.53 Å². The monoisotopic (exact) mass is 357 g/mol. The van der Waals surface area contributed by atoms with Gasteiger partial charge in [0.05, 0.1) is 0 Å². The van der Waals surface area contributed by atoms with E-state index in [0.717, 1.165) is 25.1 Å². The maximum Gasteiger partial charge on any atom is 0.410 e. The molecule has 1 aliphatic carbocycles. The van der Waals surface area contributed by atoms with Crippen molar-refractivity contribution in [2.24, 2.45) is 17.8 Å². The maximum absolute atomic E-state index is 12.1. The van der Waals surface area contributed by atoms with Gasteiger partial charge in [0.25, 0.3) is 0 Å². The Morgan fingerprint density at radius 1 is 1.35 bits per heavy atom. The smallest absolute Gasteiger partial charge is 0.410 e. The quantitative estimate of drug-likeness (QED) is 0.823. The van der Waals surface area contributed by atoms with Crippen LogP contribution >= 0.6 is 0 Å². The van der Waals surface area contributed by atoms with E-state index in [1.807, 2.05) is 37.8 Å². The Morgan fingerprint density at radius 2 is 2.08 bits per heavy atom. The fraction of sp³-hybridized carbons (Fsp3) is 0.550. The number of hydrogen-bond donors (Lipinski definition) is 1. The largest absolute Gasteiger partial charge is 0.444 e.